The number of nitrogens with zero attached hydrogens (tertiary/aromatic N) is 2. The maximum atomic E-state index is 2.68. The third kappa shape index (κ3) is 1.93. The third-order valence-corrected chi connectivity index (χ3v) is 3.96. The molecular weight excluding hydrogens is 263 g/mol. The summed E-state index contributed by atoms with van der Waals surface area (Å²) in [4.78, 5) is 2.68. The van der Waals surface area contributed by atoms with Crippen LogP contribution < -0.4 is 0 Å². The highest BCUT2D eigenvalue weighted by atomic mass is 127. The van der Waals surface area contributed by atoms with Crippen LogP contribution in [0.1, 0.15) is 19.8 Å². The van der Waals surface area contributed by atoms with Crippen LogP contribution in [0.4, 0.5) is 0 Å². The van der Waals surface area contributed by atoms with Crippen LogP contribution in [0.25, 0.3) is 0 Å². The highest BCUT2D eigenvalue weighted by molar-refractivity contribution is 14.1. The molecule has 2 saturated heterocycles. The molecule has 0 aliphatic carbocycles. The van der Waals surface area contributed by atoms with E-state index in [1.807, 2.05) is 0 Å². The third-order valence-electron chi connectivity index (χ3n) is 3.09. The Bertz CT molecular complexity index is 145. The maximum Gasteiger partial charge on any atom is 0.0243 e. The first-order valence-corrected chi connectivity index (χ1v) is 5.87. The first-order chi connectivity index (χ1) is 5.75. The van der Waals surface area contributed by atoms with E-state index in [0.717, 1.165) is 12.0 Å². The van der Waals surface area contributed by atoms with Crippen molar-refractivity contribution in [3.05, 3.63) is 0 Å². The van der Waals surface area contributed by atoms with Gasteiger partial charge in [-0.3, -0.25) is 4.90 Å². The van der Waals surface area contributed by atoms with Crippen LogP contribution in [0.2, 0.25) is 0 Å². The summed E-state index contributed by atoms with van der Waals surface area (Å²) in [6.45, 7) is 7.63. The Balaban J connectivity index is 1.85. The second kappa shape index (κ2) is 3.80. The van der Waals surface area contributed by atoms with Crippen molar-refractivity contribution >= 4 is 22.9 Å². The summed E-state index contributed by atoms with van der Waals surface area (Å²) in [5, 5.41) is 0. The topological polar surface area (TPSA) is 6.48 Å². The van der Waals surface area contributed by atoms with Crippen LogP contribution in [0.15, 0.2) is 0 Å². The molecule has 70 valence electrons. The first-order valence-electron chi connectivity index (χ1n) is 4.90. The predicted octanol–water partition coefficient (Wildman–Crippen LogP) is 1.75. The van der Waals surface area contributed by atoms with Crippen molar-refractivity contribution in [2.24, 2.45) is 5.92 Å². The van der Waals surface area contributed by atoms with Crippen molar-refractivity contribution in [3.8, 4) is 0 Å². The van der Waals surface area contributed by atoms with E-state index in [2.05, 4.69) is 37.8 Å². The van der Waals surface area contributed by atoms with E-state index in [0.29, 0.717) is 0 Å². The van der Waals surface area contributed by atoms with Crippen LogP contribution in [-0.4, -0.2) is 40.2 Å². The van der Waals surface area contributed by atoms with Crippen LogP contribution in [0.5, 0.6) is 0 Å². The summed E-state index contributed by atoms with van der Waals surface area (Å²) in [6, 6.07) is 0.867. The van der Waals surface area contributed by atoms with Crippen molar-refractivity contribution in [1.82, 2.24) is 8.01 Å². The Morgan fingerprint density at radius 2 is 2.00 bits per heavy atom. The molecule has 2 fully saturated rings. The monoisotopic (exact) mass is 280 g/mol. The van der Waals surface area contributed by atoms with E-state index in [-0.39, 0.29) is 0 Å². The zero-order chi connectivity index (χ0) is 8.55. The largest absolute Gasteiger partial charge is 0.299 e. The van der Waals surface area contributed by atoms with E-state index >= 15 is 0 Å². The molecule has 0 aromatic heterocycles. The van der Waals surface area contributed by atoms with E-state index in [4.69, 9.17) is 0 Å². The van der Waals surface area contributed by atoms with Gasteiger partial charge < -0.3 is 0 Å². The minimum absolute atomic E-state index is 0.867. The van der Waals surface area contributed by atoms with Gasteiger partial charge in [0, 0.05) is 48.5 Å². The molecule has 0 spiro atoms. The maximum absolute atomic E-state index is 2.68. The van der Waals surface area contributed by atoms with Crippen LogP contribution >= 0.6 is 22.9 Å². The van der Waals surface area contributed by atoms with Gasteiger partial charge in [0.2, 0.25) is 0 Å². The number of hydrogen-bond donors (Lipinski definition) is 0. The van der Waals surface area contributed by atoms with Crippen LogP contribution in [0.3, 0.4) is 0 Å². The van der Waals surface area contributed by atoms with Gasteiger partial charge in [-0.15, -0.1) is 0 Å². The molecule has 3 heteroatoms. The van der Waals surface area contributed by atoms with Gasteiger partial charge in [-0.25, -0.2) is 3.11 Å². The molecule has 0 bridgehead atoms. The molecule has 0 saturated carbocycles. The quantitative estimate of drug-likeness (QED) is 0.533. The Morgan fingerprint density at radius 3 is 2.50 bits per heavy atom. The van der Waals surface area contributed by atoms with Crippen molar-refractivity contribution in [3.63, 3.8) is 0 Å². The van der Waals surface area contributed by atoms with Gasteiger partial charge >= 0.3 is 0 Å². The molecule has 2 atom stereocenters. The standard InChI is InChI=1S/C9H17IN2/c1-8-2-4-11(6-8)9-3-5-12(10)7-9/h8-9H,2-7H2,1H3/t8-,9-/m0/s1. The fourth-order valence-electron chi connectivity index (χ4n) is 2.30. The molecule has 12 heavy (non-hydrogen) atoms. The smallest absolute Gasteiger partial charge is 0.0243 e. The molecule has 0 N–H and O–H groups in total. The lowest BCUT2D eigenvalue weighted by Crippen LogP contribution is -2.34. The Morgan fingerprint density at radius 1 is 1.17 bits per heavy atom. The highest BCUT2D eigenvalue weighted by Gasteiger charge is 2.30. The van der Waals surface area contributed by atoms with Gasteiger partial charge in [-0.05, 0) is 25.3 Å². The molecule has 0 aromatic carbocycles. The number of hydrogen-bond acceptors (Lipinski definition) is 2. The van der Waals surface area contributed by atoms with E-state index in [1.165, 1.54) is 39.0 Å². The fraction of sp³-hybridized carbons (Fsp3) is 1.00. The second-order valence-electron chi connectivity index (χ2n) is 4.20. The lowest BCUT2D eigenvalue weighted by atomic mass is 10.2. The number of likely N-dealkylation sites (tertiary alicyclic amines) is 1. The summed E-state index contributed by atoms with van der Waals surface area (Å²) in [5.74, 6) is 0.938. The molecule has 2 aliphatic rings. The number of halogens is 1. The SMILES string of the molecule is C[C@H]1CCN([C@H]2CCN(I)C2)C1. The Labute approximate surface area is 88.8 Å². The molecule has 0 unspecified atom stereocenters. The lowest BCUT2D eigenvalue weighted by molar-refractivity contribution is 0.246. The summed E-state index contributed by atoms with van der Waals surface area (Å²) in [5.41, 5.74) is 0. The molecule has 0 aromatic rings. The lowest BCUT2D eigenvalue weighted by Gasteiger charge is -2.22. The van der Waals surface area contributed by atoms with Crippen LogP contribution in [0, 0.1) is 5.92 Å². The van der Waals surface area contributed by atoms with Crippen molar-refractivity contribution < 1.29 is 0 Å². The highest BCUT2D eigenvalue weighted by Crippen LogP contribution is 2.24. The van der Waals surface area contributed by atoms with Crippen LogP contribution in [-0.2, 0) is 0 Å². The minimum Gasteiger partial charge on any atom is -0.299 e. The first kappa shape index (κ1) is 9.21. The van der Waals surface area contributed by atoms with Crippen molar-refractivity contribution in [2.75, 3.05) is 26.2 Å². The average Bonchev–Trinajstić information content (AvgIpc) is 2.58. The van der Waals surface area contributed by atoms with E-state index < -0.39 is 0 Å². The second-order valence-corrected chi connectivity index (χ2v) is 5.56. The molecule has 0 amide bonds. The van der Waals surface area contributed by atoms with Crippen molar-refractivity contribution in [2.45, 2.75) is 25.8 Å². The van der Waals surface area contributed by atoms with Crippen molar-refractivity contribution in [1.29, 1.82) is 0 Å². The molecule has 2 aliphatic heterocycles. The molecule has 2 heterocycles. The number of rotatable bonds is 1. The molecule has 2 nitrogen and oxygen atoms in total. The molecular formula is C9H17IN2. The molecule has 0 radical (unpaired) electrons. The minimum atomic E-state index is 0.867. The summed E-state index contributed by atoms with van der Waals surface area (Å²) in [7, 11) is 0. The summed E-state index contributed by atoms with van der Waals surface area (Å²) in [6.07, 6.45) is 2.80. The predicted molar refractivity (Wildman–Crippen MR) is 59.4 cm³/mol. The van der Waals surface area contributed by atoms with E-state index in [1.54, 1.807) is 0 Å². The summed E-state index contributed by atoms with van der Waals surface area (Å²) >= 11 is 2.45. The van der Waals surface area contributed by atoms with Gasteiger partial charge in [0.05, 0.1) is 0 Å². The zero-order valence-electron chi connectivity index (χ0n) is 7.67. The van der Waals surface area contributed by atoms with E-state index in [9.17, 15) is 0 Å². The summed E-state index contributed by atoms with van der Waals surface area (Å²) < 4.78 is 2.42. The average molecular weight is 280 g/mol. The fourth-order valence-corrected chi connectivity index (χ4v) is 3.03. The van der Waals surface area contributed by atoms with Gasteiger partial charge in [0.25, 0.3) is 0 Å². The van der Waals surface area contributed by atoms with Gasteiger partial charge in [-0.1, -0.05) is 6.92 Å². The van der Waals surface area contributed by atoms with Gasteiger partial charge in [-0.2, -0.15) is 0 Å². The van der Waals surface area contributed by atoms with Gasteiger partial charge in [0.15, 0.2) is 0 Å². The molecule has 2 rings (SSSR count). The van der Waals surface area contributed by atoms with Gasteiger partial charge in [0.1, 0.15) is 0 Å². The normalized spacial score (nSPS) is 39.5. The zero-order valence-corrected chi connectivity index (χ0v) is 9.83. The Hall–Kier alpha value is 0.650. The Kier molecular flexibility index (Phi) is 2.92.